The Morgan fingerprint density at radius 2 is 2.00 bits per heavy atom. The molecule has 1 saturated carbocycles. The summed E-state index contributed by atoms with van der Waals surface area (Å²) in [6.07, 6.45) is 2.42. The Labute approximate surface area is 86.7 Å². The first kappa shape index (κ1) is 10.3. The molecule has 15 heavy (non-hydrogen) atoms. The van der Waals surface area contributed by atoms with Gasteiger partial charge in [0.15, 0.2) is 0 Å². The van der Waals surface area contributed by atoms with Crippen molar-refractivity contribution in [2.24, 2.45) is 0 Å². The van der Waals surface area contributed by atoms with Crippen molar-refractivity contribution in [2.45, 2.75) is 37.5 Å². The summed E-state index contributed by atoms with van der Waals surface area (Å²) in [5.74, 6) is -2.17. The highest BCUT2D eigenvalue weighted by Gasteiger charge is 2.35. The minimum absolute atomic E-state index is 0.0540. The van der Waals surface area contributed by atoms with Crippen LogP contribution in [-0.4, -0.2) is 15.9 Å². The van der Waals surface area contributed by atoms with Crippen molar-refractivity contribution in [3.63, 3.8) is 0 Å². The number of nitrogen functional groups attached to an aromatic ring is 1. The van der Waals surface area contributed by atoms with Gasteiger partial charge in [-0.3, -0.25) is 0 Å². The lowest BCUT2D eigenvalue weighted by atomic mass is 9.85. The molecule has 2 N–H and O–H groups in total. The van der Waals surface area contributed by atoms with E-state index in [0.29, 0.717) is 12.8 Å². The molecule has 1 aromatic heterocycles. The molecular weight excluding hydrogens is 200 g/mol. The molecule has 1 aromatic rings. The van der Waals surface area contributed by atoms with Gasteiger partial charge >= 0.3 is 0 Å². The second-order valence-corrected chi connectivity index (χ2v) is 3.97. The Hall–Kier alpha value is -1.26. The Kier molecular flexibility index (Phi) is 2.54. The molecule has 3 nitrogen and oxygen atoms in total. The smallest absolute Gasteiger partial charge is 0.248 e. The predicted molar refractivity (Wildman–Crippen MR) is 52.6 cm³/mol. The molecule has 1 fully saturated rings. The monoisotopic (exact) mass is 213 g/mol. The van der Waals surface area contributed by atoms with Crippen molar-refractivity contribution >= 4 is 5.95 Å². The van der Waals surface area contributed by atoms with Gasteiger partial charge in [0, 0.05) is 30.7 Å². The van der Waals surface area contributed by atoms with E-state index in [2.05, 4.69) is 9.97 Å². The van der Waals surface area contributed by atoms with Crippen LogP contribution in [0.2, 0.25) is 0 Å². The van der Waals surface area contributed by atoms with E-state index in [1.807, 2.05) is 0 Å². The number of anilines is 1. The molecule has 0 saturated heterocycles. The van der Waals surface area contributed by atoms with Crippen LogP contribution in [0.5, 0.6) is 0 Å². The van der Waals surface area contributed by atoms with Crippen molar-refractivity contribution in [2.75, 3.05) is 5.73 Å². The van der Waals surface area contributed by atoms with Gasteiger partial charge in [0.1, 0.15) is 0 Å². The molecule has 5 heteroatoms. The van der Waals surface area contributed by atoms with Gasteiger partial charge in [-0.1, -0.05) is 0 Å². The number of hydrogen-bond donors (Lipinski definition) is 1. The van der Waals surface area contributed by atoms with E-state index in [4.69, 9.17) is 5.73 Å². The van der Waals surface area contributed by atoms with Crippen LogP contribution in [0, 0.1) is 0 Å². The third kappa shape index (κ3) is 2.40. The summed E-state index contributed by atoms with van der Waals surface area (Å²) in [6.45, 7) is 0. The number of halogens is 2. The van der Waals surface area contributed by atoms with Crippen molar-refractivity contribution < 1.29 is 8.78 Å². The highest BCUT2D eigenvalue weighted by atomic mass is 19.3. The quantitative estimate of drug-likeness (QED) is 0.779. The molecule has 0 aliphatic heterocycles. The molecule has 0 radical (unpaired) electrons. The van der Waals surface area contributed by atoms with E-state index < -0.39 is 5.92 Å². The fourth-order valence-electron chi connectivity index (χ4n) is 1.95. The van der Waals surface area contributed by atoms with Gasteiger partial charge in [-0.2, -0.15) is 0 Å². The van der Waals surface area contributed by atoms with Crippen molar-refractivity contribution in [1.82, 2.24) is 9.97 Å². The summed E-state index contributed by atoms with van der Waals surface area (Å²) < 4.78 is 25.8. The standard InChI is InChI=1S/C10H13F2N3/c11-10(12)4-1-7(2-5-10)8-3-6-14-9(13)15-8/h3,6-7H,1-2,4-5H2,(H2,13,14,15). The van der Waals surface area contributed by atoms with Crippen molar-refractivity contribution in [3.05, 3.63) is 18.0 Å². The average Bonchev–Trinajstić information content (AvgIpc) is 2.17. The van der Waals surface area contributed by atoms with Gasteiger partial charge in [0.05, 0.1) is 0 Å². The fraction of sp³-hybridized carbons (Fsp3) is 0.600. The highest BCUT2D eigenvalue weighted by Crippen LogP contribution is 2.40. The van der Waals surface area contributed by atoms with Gasteiger partial charge in [0.2, 0.25) is 11.9 Å². The molecule has 0 spiro atoms. The Morgan fingerprint density at radius 1 is 1.33 bits per heavy atom. The zero-order valence-corrected chi connectivity index (χ0v) is 8.29. The second-order valence-electron chi connectivity index (χ2n) is 3.97. The molecule has 82 valence electrons. The molecule has 0 aromatic carbocycles. The maximum absolute atomic E-state index is 12.9. The van der Waals surface area contributed by atoms with Crippen LogP contribution in [0.1, 0.15) is 37.3 Å². The number of rotatable bonds is 1. The van der Waals surface area contributed by atoms with Gasteiger partial charge < -0.3 is 5.73 Å². The summed E-state index contributed by atoms with van der Waals surface area (Å²) in [6, 6.07) is 1.75. The molecule has 0 bridgehead atoms. The zero-order valence-electron chi connectivity index (χ0n) is 8.29. The first-order chi connectivity index (χ1) is 7.07. The number of hydrogen-bond acceptors (Lipinski definition) is 3. The van der Waals surface area contributed by atoms with Crippen molar-refractivity contribution in [1.29, 1.82) is 0 Å². The van der Waals surface area contributed by atoms with Gasteiger partial charge in [-0.05, 0) is 18.9 Å². The van der Waals surface area contributed by atoms with E-state index in [9.17, 15) is 8.78 Å². The lowest BCUT2D eigenvalue weighted by molar-refractivity contribution is -0.0384. The maximum atomic E-state index is 12.9. The number of aromatic nitrogens is 2. The summed E-state index contributed by atoms with van der Waals surface area (Å²) in [5.41, 5.74) is 6.24. The highest BCUT2D eigenvalue weighted by molar-refractivity contribution is 5.20. The number of nitrogens with two attached hydrogens (primary N) is 1. The molecule has 0 atom stereocenters. The zero-order chi connectivity index (χ0) is 10.9. The summed E-state index contributed by atoms with van der Waals surface area (Å²) in [4.78, 5) is 7.85. The minimum atomic E-state index is -2.49. The lowest BCUT2D eigenvalue weighted by Gasteiger charge is -2.27. The average molecular weight is 213 g/mol. The number of alkyl halides is 2. The number of nitrogens with zero attached hydrogens (tertiary/aromatic N) is 2. The molecular formula is C10H13F2N3. The lowest BCUT2D eigenvalue weighted by Crippen LogP contribution is -2.24. The van der Waals surface area contributed by atoms with Gasteiger partial charge in [-0.25, -0.2) is 18.7 Å². The fourth-order valence-corrected chi connectivity index (χ4v) is 1.95. The Bertz CT molecular complexity index is 344. The van der Waals surface area contributed by atoms with E-state index in [-0.39, 0.29) is 24.7 Å². The third-order valence-electron chi connectivity index (χ3n) is 2.83. The summed E-state index contributed by atoms with van der Waals surface area (Å²) >= 11 is 0. The summed E-state index contributed by atoms with van der Waals surface area (Å²) in [5, 5.41) is 0. The van der Waals surface area contributed by atoms with E-state index in [0.717, 1.165) is 5.69 Å². The van der Waals surface area contributed by atoms with Crippen LogP contribution in [0.15, 0.2) is 12.3 Å². The Balaban J connectivity index is 2.08. The van der Waals surface area contributed by atoms with Crippen LogP contribution in [0.25, 0.3) is 0 Å². The van der Waals surface area contributed by atoms with Crippen LogP contribution in [0.3, 0.4) is 0 Å². The maximum Gasteiger partial charge on any atom is 0.248 e. The van der Waals surface area contributed by atoms with Gasteiger partial charge in [-0.15, -0.1) is 0 Å². The van der Waals surface area contributed by atoms with Gasteiger partial charge in [0.25, 0.3) is 0 Å². The van der Waals surface area contributed by atoms with Crippen molar-refractivity contribution in [3.8, 4) is 0 Å². The van der Waals surface area contributed by atoms with E-state index in [1.54, 1.807) is 12.3 Å². The summed E-state index contributed by atoms with van der Waals surface area (Å²) in [7, 11) is 0. The topological polar surface area (TPSA) is 51.8 Å². The second kappa shape index (κ2) is 3.72. The molecule has 1 aliphatic carbocycles. The molecule has 0 amide bonds. The molecule has 1 heterocycles. The van der Waals surface area contributed by atoms with E-state index >= 15 is 0 Å². The van der Waals surface area contributed by atoms with E-state index in [1.165, 1.54) is 0 Å². The largest absolute Gasteiger partial charge is 0.368 e. The first-order valence-corrected chi connectivity index (χ1v) is 5.03. The SMILES string of the molecule is Nc1nccc(C2CCC(F)(F)CC2)n1. The molecule has 1 aliphatic rings. The van der Waals surface area contributed by atoms with Crippen LogP contribution < -0.4 is 5.73 Å². The third-order valence-corrected chi connectivity index (χ3v) is 2.83. The normalized spacial score (nSPS) is 21.5. The predicted octanol–water partition coefficient (Wildman–Crippen LogP) is 2.35. The Morgan fingerprint density at radius 3 is 2.60 bits per heavy atom. The van der Waals surface area contributed by atoms with Crippen LogP contribution in [0.4, 0.5) is 14.7 Å². The van der Waals surface area contributed by atoms with Crippen LogP contribution in [-0.2, 0) is 0 Å². The molecule has 2 rings (SSSR count). The van der Waals surface area contributed by atoms with Crippen LogP contribution >= 0.6 is 0 Å². The first-order valence-electron chi connectivity index (χ1n) is 5.03. The minimum Gasteiger partial charge on any atom is -0.368 e. The molecule has 0 unspecified atom stereocenters.